The van der Waals surface area contributed by atoms with Crippen LogP contribution >= 0.6 is 11.6 Å². The Morgan fingerprint density at radius 1 is 1.25 bits per heavy atom. The molecule has 0 bridgehead atoms. The van der Waals surface area contributed by atoms with Gasteiger partial charge < -0.3 is 9.88 Å². The third-order valence-electron chi connectivity index (χ3n) is 4.66. The van der Waals surface area contributed by atoms with Crippen molar-refractivity contribution < 1.29 is 4.79 Å². The predicted molar refractivity (Wildman–Crippen MR) is 110 cm³/mol. The summed E-state index contributed by atoms with van der Waals surface area (Å²) in [5.41, 5.74) is 2.67. The van der Waals surface area contributed by atoms with E-state index in [9.17, 15) is 9.59 Å². The molecule has 0 spiro atoms. The van der Waals surface area contributed by atoms with Gasteiger partial charge in [0.05, 0.1) is 10.9 Å². The monoisotopic (exact) mass is 395 g/mol. The number of hydrogen-bond acceptors (Lipinski definition) is 4. The molecule has 0 saturated heterocycles. The van der Waals surface area contributed by atoms with Gasteiger partial charge in [0.25, 0.3) is 5.56 Å². The van der Waals surface area contributed by atoms with Gasteiger partial charge in [-0.1, -0.05) is 11.6 Å². The molecule has 28 heavy (non-hydrogen) atoms. The van der Waals surface area contributed by atoms with Gasteiger partial charge in [0.1, 0.15) is 5.52 Å². The molecule has 1 amide bonds. The average molecular weight is 396 g/mol. The normalized spacial score (nSPS) is 11.2. The molecule has 0 atom stereocenters. The number of aromatic nitrogens is 4. The predicted octanol–water partition coefficient (Wildman–Crippen LogP) is 3.65. The molecule has 0 radical (unpaired) electrons. The third kappa shape index (κ3) is 3.36. The number of carbonyl (C=O) groups excluding carboxylic acids is 1. The standard InChI is InChI=1S/C20H18ClN5O2/c1-12-18-19(25-24-12)15-11-13(21)4-5-16(15)26(20(18)28)10-2-3-17(27)23-14-6-8-22-9-7-14/h4-9,11H,2-3,10H2,1H3,(H,24,25)(H,22,23,27). The fourth-order valence-electron chi connectivity index (χ4n) is 3.34. The summed E-state index contributed by atoms with van der Waals surface area (Å²) in [6, 6.07) is 8.84. The van der Waals surface area contributed by atoms with E-state index in [0.29, 0.717) is 46.7 Å². The van der Waals surface area contributed by atoms with Crippen LogP contribution in [0.25, 0.3) is 21.8 Å². The van der Waals surface area contributed by atoms with E-state index in [1.807, 2.05) is 19.1 Å². The van der Waals surface area contributed by atoms with Gasteiger partial charge in [0, 0.05) is 47.1 Å². The SMILES string of the molecule is Cc1[nH]nc2c1c(=O)n(CCCC(=O)Nc1ccncc1)c1ccc(Cl)cc21. The van der Waals surface area contributed by atoms with Crippen LogP contribution in [0.2, 0.25) is 5.02 Å². The second kappa shape index (κ2) is 7.44. The molecule has 3 aromatic heterocycles. The Hall–Kier alpha value is -3.19. The summed E-state index contributed by atoms with van der Waals surface area (Å²) in [7, 11) is 0. The number of nitrogens with zero attached hydrogens (tertiary/aromatic N) is 3. The van der Waals surface area contributed by atoms with E-state index in [0.717, 1.165) is 10.9 Å². The number of amides is 1. The maximum atomic E-state index is 13.0. The Balaban J connectivity index is 1.61. The second-order valence-corrected chi connectivity index (χ2v) is 7.01. The molecule has 0 saturated carbocycles. The molecule has 0 unspecified atom stereocenters. The van der Waals surface area contributed by atoms with Gasteiger partial charge in [-0.15, -0.1) is 0 Å². The van der Waals surface area contributed by atoms with Gasteiger partial charge >= 0.3 is 0 Å². The lowest BCUT2D eigenvalue weighted by molar-refractivity contribution is -0.116. The number of nitrogens with one attached hydrogen (secondary N) is 2. The number of rotatable bonds is 5. The maximum Gasteiger partial charge on any atom is 0.262 e. The summed E-state index contributed by atoms with van der Waals surface area (Å²) in [6.07, 6.45) is 4.06. The van der Waals surface area contributed by atoms with Gasteiger partial charge in [-0.3, -0.25) is 19.7 Å². The Labute approximate surface area is 165 Å². The van der Waals surface area contributed by atoms with Gasteiger partial charge in [-0.2, -0.15) is 5.10 Å². The van der Waals surface area contributed by atoms with Gasteiger partial charge in [0.15, 0.2) is 0 Å². The molecule has 4 aromatic rings. The highest BCUT2D eigenvalue weighted by Gasteiger charge is 2.16. The van der Waals surface area contributed by atoms with Gasteiger partial charge in [-0.25, -0.2) is 0 Å². The average Bonchev–Trinajstić information content (AvgIpc) is 3.07. The van der Waals surface area contributed by atoms with E-state index in [-0.39, 0.29) is 11.5 Å². The number of H-pyrrole nitrogens is 1. The Morgan fingerprint density at radius 2 is 2.04 bits per heavy atom. The van der Waals surface area contributed by atoms with E-state index in [1.165, 1.54) is 0 Å². The minimum Gasteiger partial charge on any atom is -0.326 e. The zero-order chi connectivity index (χ0) is 19.7. The van der Waals surface area contributed by atoms with E-state index in [1.54, 1.807) is 35.2 Å². The van der Waals surface area contributed by atoms with Crippen LogP contribution in [-0.4, -0.2) is 25.7 Å². The summed E-state index contributed by atoms with van der Waals surface area (Å²) in [4.78, 5) is 29.1. The molecule has 7 nitrogen and oxygen atoms in total. The van der Waals surface area contributed by atoms with Crippen LogP contribution in [0.3, 0.4) is 0 Å². The first-order valence-electron chi connectivity index (χ1n) is 8.91. The van der Waals surface area contributed by atoms with Crippen molar-refractivity contribution in [2.45, 2.75) is 26.3 Å². The number of hydrogen-bond donors (Lipinski definition) is 2. The van der Waals surface area contributed by atoms with Crippen LogP contribution < -0.4 is 10.9 Å². The van der Waals surface area contributed by atoms with Crippen LogP contribution in [0.5, 0.6) is 0 Å². The highest BCUT2D eigenvalue weighted by atomic mass is 35.5. The topological polar surface area (TPSA) is 92.7 Å². The quantitative estimate of drug-likeness (QED) is 0.539. The van der Waals surface area contributed by atoms with Crippen molar-refractivity contribution in [1.29, 1.82) is 0 Å². The fraction of sp³-hybridized carbons (Fsp3) is 0.200. The lowest BCUT2D eigenvalue weighted by Crippen LogP contribution is -2.22. The van der Waals surface area contributed by atoms with Crippen molar-refractivity contribution in [1.82, 2.24) is 19.7 Å². The van der Waals surface area contributed by atoms with Crippen molar-refractivity contribution in [3.8, 4) is 0 Å². The van der Waals surface area contributed by atoms with Crippen LogP contribution in [-0.2, 0) is 11.3 Å². The van der Waals surface area contributed by atoms with Gasteiger partial charge in [-0.05, 0) is 43.7 Å². The first kappa shape index (κ1) is 18.2. The number of halogens is 1. The van der Waals surface area contributed by atoms with Crippen LogP contribution in [0.1, 0.15) is 18.5 Å². The second-order valence-electron chi connectivity index (χ2n) is 6.58. The number of aryl methyl sites for hydroxylation is 2. The number of fused-ring (bicyclic) bond motifs is 3. The van der Waals surface area contributed by atoms with Crippen molar-refractivity contribution in [3.05, 3.63) is 63.8 Å². The molecule has 0 aliphatic carbocycles. The zero-order valence-electron chi connectivity index (χ0n) is 15.2. The summed E-state index contributed by atoms with van der Waals surface area (Å²) < 4.78 is 1.69. The zero-order valence-corrected chi connectivity index (χ0v) is 16.0. The molecule has 0 aliphatic rings. The molecule has 1 aromatic carbocycles. The largest absolute Gasteiger partial charge is 0.326 e. The van der Waals surface area contributed by atoms with Crippen LogP contribution in [0, 0.1) is 6.92 Å². The van der Waals surface area contributed by atoms with E-state index in [2.05, 4.69) is 20.5 Å². The Morgan fingerprint density at radius 3 is 2.82 bits per heavy atom. The number of carbonyl (C=O) groups is 1. The number of pyridine rings is 2. The number of benzene rings is 1. The van der Waals surface area contributed by atoms with E-state index < -0.39 is 0 Å². The highest BCUT2D eigenvalue weighted by Crippen LogP contribution is 2.26. The molecule has 0 aliphatic heterocycles. The molecule has 3 heterocycles. The Kier molecular flexibility index (Phi) is 4.83. The lowest BCUT2D eigenvalue weighted by atomic mass is 10.1. The Bertz CT molecular complexity index is 1230. The minimum absolute atomic E-state index is 0.104. The summed E-state index contributed by atoms with van der Waals surface area (Å²) >= 11 is 6.16. The number of aromatic amines is 1. The van der Waals surface area contributed by atoms with Crippen molar-refractivity contribution >= 4 is 45.0 Å². The summed E-state index contributed by atoms with van der Waals surface area (Å²) in [6.45, 7) is 2.24. The third-order valence-corrected chi connectivity index (χ3v) is 4.90. The molecular formula is C20H18ClN5O2. The summed E-state index contributed by atoms with van der Waals surface area (Å²) in [5, 5.41) is 11.9. The molecular weight excluding hydrogens is 378 g/mol. The van der Waals surface area contributed by atoms with Crippen molar-refractivity contribution in [2.24, 2.45) is 0 Å². The van der Waals surface area contributed by atoms with E-state index >= 15 is 0 Å². The fourth-order valence-corrected chi connectivity index (χ4v) is 3.51. The van der Waals surface area contributed by atoms with Crippen LogP contribution in [0.15, 0.2) is 47.5 Å². The maximum absolute atomic E-state index is 13.0. The molecule has 4 rings (SSSR count). The smallest absolute Gasteiger partial charge is 0.262 e. The van der Waals surface area contributed by atoms with E-state index in [4.69, 9.17) is 11.6 Å². The minimum atomic E-state index is -0.120. The van der Waals surface area contributed by atoms with Gasteiger partial charge in [0.2, 0.25) is 5.91 Å². The first-order chi connectivity index (χ1) is 13.5. The van der Waals surface area contributed by atoms with Crippen molar-refractivity contribution in [2.75, 3.05) is 5.32 Å². The molecule has 0 fully saturated rings. The molecule has 2 N–H and O–H groups in total. The van der Waals surface area contributed by atoms with Crippen molar-refractivity contribution in [3.63, 3.8) is 0 Å². The summed E-state index contributed by atoms with van der Waals surface area (Å²) in [5.74, 6) is -0.104. The highest BCUT2D eigenvalue weighted by molar-refractivity contribution is 6.31. The molecule has 8 heteroatoms. The first-order valence-corrected chi connectivity index (χ1v) is 9.29. The number of anilines is 1. The molecule has 142 valence electrons. The lowest BCUT2D eigenvalue weighted by Gasteiger charge is -2.12. The van der Waals surface area contributed by atoms with Crippen LogP contribution in [0.4, 0.5) is 5.69 Å².